The number of ether oxygens (including phenoxy) is 1. The van der Waals surface area contributed by atoms with E-state index in [0.717, 1.165) is 22.9 Å². The summed E-state index contributed by atoms with van der Waals surface area (Å²) in [4.78, 5) is 24.0. The Morgan fingerprint density at radius 1 is 1.03 bits per heavy atom. The molecule has 2 aromatic rings. The van der Waals surface area contributed by atoms with Gasteiger partial charge in [0.15, 0.2) is 6.61 Å². The Balaban J connectivity index is 1.42. The molecule has 2 N–H and O–H groups in total. The summed E-state index contributed by atoms with van der Waals surface area (Å²) >= 11 is 3.33. The van der Waals surface area contributed by atoms with Crippen molar-refractivity contribution in [2.24, 2.45) is 5.10 Å². The second-order valence-corrected chi connectivity index (χ2v) is 7.88. The van der Waals surface area contributed by atoms with E-state index in [1.54, 1.807) is 42.6 Å². The minimum absolute atomic E-state index is 0.00713. The SMILES string of the molecule is O=C(COc1ccc(/C=N\NC(=O)c2ccc(Br)cc2)cc1)NC1CCCCC1. The fourth-order valence-electron chi connectivity index (χ4n) is 3.15. The van der Waals surface area contributed by atoms with Crippen LogP contribution in [-0.2, 0) is 4.79 Å². The molecular weight excluding hydrogens is 434 g/mol. The largest absolute Gasteiger partial charge is 0.484 e. The summed E-state index contributed by atoms with van der Waals surface area (Å²) in [6.45, 7) is 0.00713. The predicted molar refractivity (Wildman–Crippen MR) is 116 cm³/mol. The van der Waals surface area contributed by atoms with Crippen LogP contribution in [0.1, 0.15) is 48.0 Å². The number of amides is 2. The number of rotatable bonds is 7. The van der Waals surface area contributed by atoms with Crippen LogP contribution in [-0.4, -0.2) is 30.7 Å². The zero-order chi connectivity index (χ0) is 20.5. The van der Waals surface area contributed by atoms with Gasteiger partial charge in [-0.25, -0.2) is 5.43 Å². The lowest BCUT2D eigenvalue weighted by molar-refractivity contribution is -0.124. The van der Waals surface area contributed by atoms with E-state index in [1.165, 1.54) is 19.3 Å². The van der Waals surface area contributed by atoms with Crippen LogP contribution in [0.5, 0.6) is 5.75 Å². The lowest BCUT2D eigenvalue weighted by Crippen LogP contribution is -2.38. The molecule has 2 amide bonds. The van der Waals surface area contributed by atoms with Crippen LogP contribution in [0, 0.1) is 0 Å². The summed E-state index contributed by atoms with van der Waals surface area (Å²) in [5.74, 6) is 0.246. The molecule has 3 rings (SSSR count). The van der Waals surface area contributed by atoms with Crippen molar-refractivity contribution >= 4 is 34.0 Å². The Hall–Kier alpha value is -2.67. The lowest BCUT2D eigenvalue weighted by atomic mass is 9.95. The van der Waals surface area contributed by atoms with E-state index < -0.39 is 0 Å². The van der Waals surface area contributed by atoms with Gasteiger partial charge in [-0.1, -0.05) is 35.2 Å². The molecule has 1 aliphatic rings. The molecule has 0 heterocycles. The van der Waals surface area contributed by atoms with Crippen LogP contribution in [0.2, 0.25) is 0 Å². The van der Waals surface area contributed by atoms with Crippen molar-refractivity contribution in [2.45, 2.75) is 38.1 Å². The maximum atomic E-state index is 12.0. The molecule has 152 valence electrons. The summed E-state index contributed by atoms with van der Waals surface area (Å²) in [6.07, 6.45) is 7.27. The van der Waals surface area contributed by atoms with Gasteiger partial charge < -0.3 is 10.1 Å². The maximum Gasteiger partial charge on any atom is 0.271 e. The van der Waals surface area contributed by atoms with Gasteiger partial charge in [0.25, 0.3) is 11.8 Å². The van der Waals surface area contributed by atoms with Crippen molar-refractivity contribution in [3.05, 3.63) is 64.1 Å². The number of nitrogens with zero attached hydrogens (tertiary/aromatic N) is 1. The average molecular weight is 458 g/mol. The van der Waals surface area contributed by atoms with Crippen molar-refractivity contribution in [2.75, 3.05) is 6.61 Å². The van der Waals surface area contributed by atoms with Crippen molar-refractivity contribution in [1.82, 2.24) is 10.7 Å². The summed E-state index contributed by atoms with van der Waals surface area (Å²) in [7, 11) is 0. The molecule has 0 atom stereocenters. The Bertz CT molecular complexity index is 845. The van der Waals surface area contributed by atoms with Gasteiger partial charge >= 0.3 is 0 Å². The minimum atomic E-state index is -0.280. The third kappa shape index (κ3) is 7.02. The summed E-state index contributed by atoms with van der Waals surface area (Å²) in [5.41, 5.74) is 3.83. The number of carbonyl (C=O) groups excluding carboxylic acids is 2. The minimum Gasteiger partial charge on any atom is -0.484 e. The Kier molecular flexibility index (Phi) is 7.81. The zero-order valence-corrected chi connectivity index (χ0v) is 17.7. The highest BCUT2D eigenvalue weighted by Crippen LogP contribution is 2.17. The van der Waals surface area contributed by atoms with E-state index in [9.17, 15) is 9.59 Å². The normalized spacial score (nSPS) is 14.5. The highest BCUT2D eigenvalue weighted by molar-refractivity contribution is 9.10. The molecule has 29 heavy (non-hydrogen) atoms. The molecule has 7 heteroatoms. The van der Waals surface area contributed by atoms with E-state index in [0.29, 0.717) is 11.3 Å². The van der Waals surface area contributed by atoms with E-state index >= 15 is 0 Å². The summed E-state index contributed by atoms with van der Waals surface area (Å²) in [5, 5.41) is 7.00. The average Bonchev–Trinajstić information content (AvgIpc) is 2.74. The van der Waals surface area contributed by atoms with Crippen LogP contribution < -0.4 is 15.5 Å². The quantitative estimate of drug-likeness (QED) is 0.486. The first-order valence-corrected chi connectivity index (χ1v) is 10.5. The first-order chi connectivity index (χ1) is 14.1. The van der Waals surface area contributed by atoms with E-state index in [4.69, 9.17) is 4.74 Å². The molecule has 0 bridgehead atoms. The molecule has 0 radical (unpaired) electrons. The third-order valence-corrected chi connectivity index (χ3v) is 5.24. The molecule has 0 unspecified atom stereocenters. The Morgan fingerprint density at radius 2 is 1.72 bits per heavy atom. The fraction of sp³-hybridized carbons (Fsp3) is 0.318. The molecule has 6 nitrogen and oxygen atoms in total. The lowest BCUT2D eigenvalue weighted by Gasteiger charge is -2.22. The van der Waals surface area contributed by atoms with E-state index in [-0.39, 0.29) is 24.5 Å². The second kappa shape index (κ2) is 10.8. The van der Waals surface area contributed by atoms with E-state index in [1.807, 2.05) is 12.1 Å². The molecule has 0 saturated heterocycles. The molecule has 1 saturated carbocycles. The number of carbonyl (C=O) groups is 2. The Morgan fingerprint density at radius 3 is 2.41 bits per heavy atom. The third-order valence-electron chi connectivity index (χ3n) is 4.71. The molecule has 1 aliphatic carbocycles. The predicted octanol–water partition coefficient (Wildman–Crippen LogP) is 4.04. The first kappa shape index (κ1) is 21.0. The van der Waals surface area contributed by atoms with E-state index in [2.05, 4.69) is 31.8 Å². The van der Waals surface area contributed by atoms with Crippen LogP contribution in [0.3, 0.4) is 0 Å². The standard InChI is InChI=1S/C22H24BrN3O3/c23-18-10-8-17(9-11-18)22(28)26-24-14-16-6-12-20(13-7-16)29-15-21(27)25-19-4-2-1-3-5-19/h6-14,19H,1-5,15H2,(H,25,27)(H,26,28)/b24-14-. The van der Waals surface area contributed by atoms with Gasteiger partial charge in [0.2, 0.25) is 0 Å². The molecule has 0 aromatic heterocycles. The van der Waals surface area contributed by atoms with Crippen molar-refractivity contribution in [1.29, 1.82) is 0 Å². The van der Waals surface area contributed by atoms with Crippen LogP contribution in [0.4, 0.5) is 0 Å². The summed E-state index contributed by atoms with van der Waals surface area (Å²) in [6, 6.07) is 14.5. The van der Waals surface area contributed by atoms with Crippen LogP contribution in [0.25, 0.3) is 0 Å². The maximum absolute atomic E-state index is 12.0. The monoisotopic (exact) mass is 457 g/mol. The van der Waals surface area contributed by atoms with Gasteiger partial charge in [0.1, 0.15) is 5.75 Å². The molecule has 0 spiro atoms. The van der Waals surface area contributed by atoms with Crippen LogP contribution in [0.15, 0.2) is 58.1 Å². The van der Waals surface area contributed by atoms with Gasteiger partial charge in [0, 0.05) is 16.1 Å². The van der Waals surface area contributed by atoms with Gasteiger partial charge in [0.05, 0.1) is 6.21 Å². The number of hydrogen-bond acceptors (Lipinski definition) is 4. The smallest absolute Gasteiger partial charge is 0.271 e. The van der Waals surface area contributed by atoms with Gasteiger partial charge in [-0.3, -0.25) is 9.59 Å². The number of halogens is 1. The topological polar surface area (TPSA) is 79.8 Å². The highest BCUT2D eigenvalue weighted by atomic mass is 79.9. The molecule has 1 fully saturated rings. The second-order valence-electron chi connectivity index (χ2n) is 6.97. The Labute approximate surface area is 178 Å². The van der Waals surface area contributed by atoms with Crippen LogP contribution >= 0.6 is 15.9 Å². The number of nitrogens with one attached hydrogen (secondary N) is 2. The fourth-order valence-corrected chi connectivity index (χ4v) is 3.41. The highest BCUT2D eigenvalue weighted by Gasteiger charge is 2.15. The summed E-state index contributed by atoms with van der Waals surface area (Å²) < 4.78 is 6.45. The zero-order valence-electron chi connectivity index (χ0n) is 16.1. The van der Waals surface area contributed by atoms with Crippen molar-refractivity contribution < 1.29 is 14.3 Å². The van der Waals surface area contributed by atoms with Crippen molar-refractivity contribution in [3.8, 4) is 5.75 Å². The molecular formula is C22H24BrN3O3. The first-order valence-electron chi connectivity index (χ1n) is 9.71. The number of hydrogen-bond donors (Lipinski definition) is 2. The number of hydrazone groups is 1. The van der Waals surface area contributed by atoms with Gasteiger partial charge in [-0.2, -0.15) is 5.10 Å². The van der Waals surface area contributed by atoms with Gasteiger partial charge in [-0.05, 0) is 66.9 Å². The molecule has 0 aliphatic heterocycles. The van der Waals surface area contributed by atoms with Gasteiger partial charge in [-0.15, -0.1) is 0 Å². The number of benzene rings is 2. The van der Waals surface area contributed by atoms with Crippen molar-refractivity contribution in [3.63, 3.8) is 0 Å². The molecule has 2 aromatic carbocycles.